The summed E-state index contributed by atoms with van der Waals surface area (Å²) in [5, 5.41) is 21.3. The second-order valence-corrected chi connectivity index (χ2v) is 7.40. The normalized spacial score (nSPS) is 16.4. The summed E-state index contributed by atoms with van der Waals surface area (Å²) in [6.45, 7) is 6.35. The highest BCUT2D eigenvalue weighted by Gasteiger charge is 2.34. The number of nitrogens with one attached hydrogen (secondary N) is 2. The number of unbranched alkanes of at least 4 members (excludes halogenated alkanes) is 1. The van der Waals surface area contributed by atoms with Crippen LogP contribution >= 0.6 is 12.2 Å². The standard InChI is InChI=1S/C20H23N5O4S/c1-4-5-10-24-13(3)17(19(26)21-16-11-12(2)29-23-16)18(22-20(24)30)14-6-8-15(9-7-14)25(27)28/h6-9,11,18H,4-5,10H2,1-3H3,(H,22,30)(H,21,23,26)/t18-/m0/s1. The van der Waals surface area contributed by atoms with E-state index in [1.807, 2.05) is 11.8 Å². The van der Waals surface area contributed by atoms with Gasteiger partial charge >= 0.3 is 0 Å². The van der Waals surface area contributed by atoms with Gasteiger partial charge in [-0.3, -0.25) is 14.9 Å². The second kappa shape index (κ2) is 9.04. The molecule has 9 nitrogen and oxygen atoms in total. The maximum absolute atomic E-state index is 13.2. The van der Waals surface area contributed by atoms with Gasteiger partial charge in [0.25, 0.3) is 11.6 Å². The van der Waals surface area contributed by atoms with Crippen LogP contribution in [0, 0.1) is 17.0 Å². The van der Waals surface area contributed by atoms with Crippen LogP contribution in [0.15, 0.2) is 46.1 Å². The Balaban J connectivity index is 2.00. The van der Waals surface area contributed by atoms with Gasteiger partial charge in [-0.2, -0.15) is 0 Å². The molecule has 2 heterocycles. The summed E-state index contributed by atoms with van der Waals surface area (Å²) in [6, 6.07) is 7.15. The van der Waals surface area contributed by atoms with Crippen LogP contribution in [0.25, 0.3) is 0 Å². The Morgan fingerprint density at radius 2 is 2.07 bits per heavy atom. The smallest absolute Gasteiger partial charge is 0.269 e. The molecule has 1 amide bonds. The van der Waals surface area contributed by atoms with Crippen molar-refractivity contribution >= 4 is 34.7 Å². The number of aryl methyl sites for hydroxylation is 1. The van der Waals surface area contributed by atoms with E-state index < -0.39 is 11.0 Å². The molecule has 0 bridgehead atoms. The van der Waals surface area contributed by atoms with Crippen LogP contribution in [0.1, 0.15) is 44.1 Å². The summed E-state index contributed by atoms with van der Waals surface area (Å²) in [5.41, 5.74) is 1.87. The van der Waals surface area contributed by atoms with Crippen molar-refractivity contribution in [2.45, 2.75) is 39.7 Å². The topological polar surface area (TPSA) is 114 Å². The van der Waals surface area contributed by atoms with Gasteiger partial charge in [0.1, 0.15) is 5.76 Å². The van der Waals surface area contributed by atoms with Gasteiger partial charge < -0.3 is 20.1 Å². The Bertz CT molecular complexity index is 999. The Hall–Kier alpha value is -3.27. The first-order valence-corrected chi connectivity index (χ1v) is 10.0. The number of nitro benzene ring substituents is 1. The van der Waals surface area contributed by atoms with E-state index in [-0.39, 0.29) is 11.6 Å². The predicted molar refractivity (Wildman–Crippen MR) is 116 cm³/mol. The summed E-state index contributed by atoms with van der Waals surface area (Å²) in [5.74, 6) is 0.546. The molecule has 1 aliphatic heterocycles. The quantitative estimate of drug-likeness (QED) is 0.388. The first-order valence-electron chi connectivity index (χ1n) is 9.59. The largest absolute Gasteiger partial charge is 0.360 e. The van der Waals surface area contributed by atoms with Crippen molar-refractivity contribution in [1.29, 1.82) is 0 Å². The number of amides is 1. The van der Waals surface area contributed by atoms with E-state index in [0.29, 0.717) is 34.4 Å². The summed E-state index contributed by atoms with van der Waals surface area (Å²) >= 11 is 5.55. The third-order valence-electron chi connectivity index (χ3n) is 4.88. The number of nitrogens with zero attached hydrogens (tertiary/aromatic N) is 3. The van der Waals surface area contributed by atoms with E-state index in [0.717, 1.165) is 18.5 Å². The number of hydrogen-bond donors (Lipinski definition) is 2. The number of nitro groups is 1. The zero-order chi connectivity index (χ0) is 21.8. The number of rotatable bonds is 7. The lowest BCUT2D eigenvalue weighted by Crippen LogP contribution is -2.48. The van der Waals surface area contributed by atoms with Crippen LogP contribution in [0.4, 0.5) is 11.5 Å². The SMILES string of the molecule is CCCCN1C(=S)N[C@@H](c2ccc([N+](=O)[O-])cc2)C(C(=O)Nc2cc(C)on2)=C1C. The molecule has 1 aliphatic rings. The number of carbonyl (C=O) groups excluding carboxylic acids is 1. The van der Waals surface area contributed by atoms with Gasteiger partial charge in [-0.05, 0) is 50.2 Å². The molecular formula is C20H23N5O4S. The predicted octanol–water partition coefficient (Wildman–Crippen LogP) is 3.84. The molecule has 10 heteroatoms. The van der Waals surface area contributed by atoms with Crippen molar-refractivity contribution in [1.82, 2.24) is 15.4 Å². The van der Waals surface area contributed by atoms with Gasteiger partial charge in [0.15, 0.2) is 10.9 Å². The molecule has 158 valence electrons. The van der Waals surface area contributed by atoms with E-state index in [4.69, 9.17) is 16.7 Å². The molecule has 30 heavy (non-hydrogen) atoms. The molecule has 3 rings (SSSR count). The highest BCUT2D eigenvalue weighted by molar-refractivity contribution is 7.80. The Morgan fingerprint density at radius 1 is 1.37 bits per heavy atom. The van der Waals surface area contributed by atoms with Crippen LogP contribution in [-0.2, 0) is 4.79 Å². The number of non-ortho nitro benzene ring substituents is 1. The first-order chi connectivity index (χ1) is 14.3. The average Bonchev–Trinajstić information content (AvgIpc) is 3.11. The molecule has 1 aromatic heterocycles. The molecule has 0 saturated heterocycles. The number of thiocarbonyl (C=S) groups is 1. The Morgan fingerprint density at radius 3 is 2.63 bits per heavy atom. The van der Waals surface area contributed by atoms with Crippen LogP contribution in [0.5, 0.6) is 0 Å². The molecule has 0 spiro atoms. The van der Waals surface area contributed by atoms with Crippen molar-refractivity contribution < 1.29 is 14.2 Å². The van der Waals surface area contributed by atoms with E-state index in [1.54, 1.807) is 25.1 Å². The second-order valence-electron chi connectivity index (χ2n) is 7.01. The number of aromatic nitrogens is 1. The van der Waals surface area contributed by atoms with Gasteiger partial charge in [-0.1, -0.05) is 18.5 Å². The van der Waals surface area contributed by atoms with Gasteiger partial charge in [0, 0.05) is 30.4 Å². The maximum atomic E-state index is 13.2. The van der Waals surface area contributed by atoms with Crippen molar-refractivity contribution in [3.05, 3.63) is 63.0 Å². The first kappa shape index (κ1) is 21.4. The van der Waals surface area contributed by atoms with E-state index in [9.17, 15) is 14.9 Å². The van der Waals surface area contributed by atoms with Gasteiger partial charge in [-0.15, -0.1) is 0 Å². The number of hydrogen-bond acceptors (Lipinski definition) is 6. The highest BCUT2D eigenvalue weighted by Crippen LogP contribution is 2.32. The molecule has 0 saturated carbocycles. The zero-order valence-electron chi connectivity index (χ0n) is 17.0. The summed E-state index contributed by atoms with van der Waals surface area (Å²) in [7, 11) is 0. The van der Waals surface area contributed by atoms with E-state index >= 15 is 0 Å². The molecule has 2 N–H and O–H groups in total. The molecular weight excluding hydrogens is 406 g/mol. The minimum Gasteiger partial charge on any atom is -0.360 e. The molecule has 0 aliphatic carbocycles. The van der Waals surface area contributed by atoms with Crippen LogP contribution in [0.3, 0.4) is 0 Å². The Kier molecular flexibility index (Phi) is 6.46. The third-order valence-corrected chi connectivity index (χ3v) is 5.22. The minimum absolute atomic E-state index is 0.0218. The molecule has 0 radical (unpaired) electrons. The summed E-state index contributed by atoms with van der Waals surface area (Å²) < 4.78 is 5.03. The van der Waals surface area contributed by atoms with Crippen LogP contribution in [-0.4, -0.2) is 32.5 Å². The van der Waals surface area contributed by atoms with E-state index in [2.05, 4.69) is 22.7 Å². The maximum Gasteiger partial charge on any atom is 0.269 e. The molecule has 0 fully saturated rings. The number of carbonyl (C=O) groups is 1. The third kappa shape index (κ3) is 4.48. The van der Waals surface area contributed by atoms with Crippen molar-refractivity contribution in [2.75, 3.05) is 11.9 Å². The zero-order valence-corrected chi connectivity index (χ0v) is 17.8. The van der Waals surface area contributed by atoms with Crippen LogP contribution in [0.2, 0.25) is 0 Å². The van der Waals surface area contributed by atoms with Gasteiger partial charge in [0.05, 0.1) is 16.5 Å². The monoisotopic (exact) mass is 429 g/mol. The fourth-order valence-corrected chi connectivity index (χ4v) is 3.65. The van der Waals surface area contributed by atoms with Gasteiger partial charge in [0.2, 0.25) is 0 Å². The number of anilines is 1. The van der Waals surface area contributed by atoms with Crippen molar-refractivity contribution in [3.63, 3.8) is 0 Å². The van der Waals surface area contributed by atoms with Crippen LogP contribution < -0.4 is 10.6 Å². The Labute approximate surface area is 179 Å². The number of benzene rings is 1. The molecule has 1 atom stereocenters. The highest BCUT2D eigenvalue weighted by atomic mass is 32.1. The van der Waals surface area contributed by atoms with Gasteiger partial charge in [-0.25, -0.2) is 0 Å². The van der Waals surface area contributed by atoms with Crippen molar-refractivity contribution in [3.8, 4) is 0 Å². The lowest BCUT2D eigenvalue weighted by Gasteiger charge is -2.37. The lowest BCUT2D eigenvalue weighted by molar-refractivity contribution is -0.384. The van der Waals surface area contributed by atoms with E-state index in [1.165, 1.54) is 12.1 Å². The number of allylic oxidation sites excluding steroid dienone is 1. The fourth-order valence-electron chi connectivity index (χ4n) is 3.31. The molecule has 1 aromatic carbocycles. The summed E-state index contributed by atoms with van der Waals surface area (Å²) in [6.07, 6.45) is 1.90. The average molecular weight is 430 g/mol. The van der Waals surface area contributed by atoms with Crippen molar-refractivity contribution in [2.24, 2.45) is 0 Å². The summed E-state index contributed by atoms with van der Waals surface area (Å²) in [4.78, 5) is 25.6. The fraction of sp³-hybridized carbons (Fsp3) is 0.350. The molecule has 0 unspecified atom stereocenters. The molecule has 2 aromatic rings. The minimum atomic E-state index is -0.552. The lowest BCUT2D eigenvalue weighted by atomic mass is 9.94.